The summed E-state index contributed by atoms with van der Waals surface area (Å²) in [5, 5.41) is 6.93. The molecule has 1 saturated heterocycles. The number of carbonyl (C=O) groups excluding carboxylic acids is 1. The van der Waals surface area contributed by atoms with Crippen molar-refractivity contribution in [1.29, 1.82) is 0 Å². The molecule has 0 spiro atoms. The van der Waals surface area contributed by atoms with Gasteiger partial charge in [-0.1, -0.05) is 25.0 Å². The summed E-state index contributed by atoms with van der Waals surface area (Å²) in [5.41, 5.74) is 1.91. The predicted molar refractivity (Wildman–Crippen MR) is 92.4 cm³/mol. The van der Waals surface area contributed by atoms with Gasteiger partial charge in [0.1, 0.15) is 0 Å². The van der Waals surface area contributed by atoms with Crippen molar-refractivity contribution in [2.45, 2.75) is 57.5 Å². The lowest BCUT2D eigenvalue weighted by Crippen LogP contribution is -2.39. The van der Waals surface area contributed by atoms with Gasteiger partial charge in [-0.05, 0) is 56.8 Å². The molecule has 23 heavy (non-hydrogen) atoms. The van der Waals surface area contributed by atoms with E-state index in [-0.39, 0.29) is 17.9 Å². The van der Waals surface area contributed by atoms with Crippen LogP contribution in [0.2, 0.25) is 0 Å². The van der Waals surface area contributed by atoms with E-state index in [0.717, 1.165) is 30.6 Å². The quantitative estimate of drug-likeness (QED) is 0.814. The molecular weight excluding hydrogens is 288 g/mol. The molecule has 2 fully saturated rings. The highest BCUT2D eigenvalue weighted by atomic mass is 16.5. The van der Waals surface area contributed by atoms with E-state index in [0.29, 0.717) is 18.7 Å². The zero-order chi connectivity index (χ0) is 16.9. The number of piperidine rings is 1. The lowest BCUT2D eigenvalue weighted by atomic mass is 9.86. The summed E-state index contributed by atoms with van der Waals surface area (Å²) >= 11 is 0. The van der Waals surface area contributed by atoms with Crippen molar-refractivity contribution in [2.24, 2.45) is 5.92 Å². The standard InChI is InChI=1S/C19H28N2O2/c1-2-23-19(22)17-8-5-13-20-18(17)14-9-11-16(12-10-14)21-15-6-3-4-7-15/h9-12,15,17-18,20-21H,2-8,13H2,1H3/t17-,18-/m0/s1/i11D. The number of hydrogen-bond acceptors (Lipinski definition) is 4. The average Bonchev–Trinajstić information content (AvgIpc) is 3.10. The Bertz CT molecular complexity index is 572. The molecule has 2 atom stereocenters. The fourth-order valence-corrected chi connectivity index (χ4v) is 3.75. The Morgan fingerprint density at radius 3 is 2.87 bits per heavy atom. The van der Waals surface area contributed by atoms with Crippen molar-refractivity contribution in [1.82, 2.24) is 5.32 Å². The van der Waals surface area contributed by atoms with E-state index in [4.69, 9.17) is 6.11 Å². The third-order valence-electron chi connectivity index (χ3n) is 4.96. The number of benzene rings is 1. The maximum atomic E-state index is 12.2. The zero-order valence-electron chi connectivity index (χ0n) is 14.9. The van der Waals surface area contributed by atoms with Crippen LogP contribution in [0.5, 0.6) is 0 Å². The Morgan fingerprint density at radius 2 is 2.13 bits per heavy atom. The molecule has 0 amide bonds. The number of carbonyl (C=O) groups is 1. The Hall–Kier alpha value is -1.55. The molecule has 2 aliphatic rings. The normalized spacial score (nSPS) is 25.9. The molecule has 3 rings (SSSR count). The highest BCUT2D eigenvalue weighted by Gasteiger charge is 2.32. The van der Waals surface area contributed by atoms with E-state index in [1.807, 2.05) is 25.1 Å². The third kappa shape index (κ3) is 4.05. The van der Waals surface area contributed by atoms with Crippen molar-refractivity contribution >= 4 is 11.7 Å². The monoisotopic (exact) mass is 317 g/mol. The van der Waals surface area contributed by atoms with Gasteiger partial charge in [0.05, 0.1) is 13.9 Å². The summed E-state index contributed by atoms with van der Waals surface area (Å²) < 4.78 is 13.6. The molecule has 1 aromatic carbocycles. The highest BCUT2D eigenvalue weighted by Crippen LogP contribution is 2.31. The molecule has 1 saturated carbocycles. The fourth-order valence-electron chi connectivity index (χ4n) is 3.75. The minimum absolute atomic E-state index is 0.0533. The number of rotatable bonds is 5. The van der Waals surface area contributed by atoms with Gasteiger partial charge in [-0.3, -0.25) is 4.79 Å². The van der Waals surface area contributed by atoms with Crippen LogP contribution >= 0.6 is 0 Å². The maximum absolute atomic E-state index is 12.2. The van der Waals surface area contributed by atoms with Crippen LogP contribution in [0.3, 0.4) is 0 Å². The van der Waals surface area contributed by atoms with E-state index >= 15 is 0 Å². The first-order chi connectivity index (χ1) is 11.7. The molecule has 0 bridgehead atoms. The van der Waals surface area contributed by atoms with Crippen LogP contribution < -0.4 is 10.6 Å². The Balaban J connectivity index is 1.74. The lowest BCUT2D eigenvalue weighted by molar-refractivity contribution is -0.150. The van der Waals surface area contributed by atoms with E-state index in [1.54, 1.807) is 0 Å². The van der Waals surface area contributed by atoms with Crippen molar-refractivity contribution in [3.05, 3.63) is 29.8 Å². The molecule has 1 aliphatic carbocycles. The first-order valence-electron chi connectivity index (χ1n) is 9.46. The third-order valence-corrected chi connectivity index (χ3v) is 4.96. The van der Waals surface area contributed by atoms with E-state index in [9.17, 15) is 4.79 Å². The minimum Gasteiger partial charge on any atom is -0.466 e. The first-order valence-corrected chi connectivity index (χ1v) is 8.96. The predicted octanol–water partition coefficient (Wildman–Crippen LogP) is 3.64. The second kappa shape index (κ2) is 7.82. The second-order valence-electron chi connectivity index (χ2n) is 6.59. The highest BCUT2D eigenvalue weighted by molar-refractivity contribution is 5.74. The van der Waals surface area contributed by atoms with Crippen LogP contribution in [0.1, 0.15) is 58.4 Å². The van der Waals surface area contributed by atoms with Crippen molar-refractivity contribution < 1.29 is 10.9 Å². The molecule has 4 heteroatoms. The van der Waals surface area contributed by atoms with Crippen LogP contribution in [0.4, 0.5) is 5.69 Å². The molecule has 0 radical (unpaired) electrons. The summed E-state index contributed by atoms with van der Waals surface area (Å²) in [6.45, 7) is 3.15. The molecule has 1 aliphatic heterocycles. The summed E-state index contributed by atoms with van der Waals surface area (Å²) in [4.78, 5) is 12.2. The van der Waals surface area contributed by atoms with E-state index in [2.05, 4.69) is 10.6 Å². The SMILES string of the molecule is [2H]c1cc([C@@H]2NCCC[C@@H]2C(=O)OCC)ccc1NC1CCCC1. The maximum Gasteiger partial charge on any atom is 0.310 e. The second-order valence-corrected chi connectivity index (χ2v) is 6.59. The van der Waals surface area contributed by atoms with E-state index < -0.39 is 0 Å². The summed E-state index contributed by atoms with van der Waals surface area (Å²) in [6, 6.07) is 6.89. The van der Waals surface area contributed by atoms with Crippen LogP contribution in [0.25, 0.3) is 0 Å². The van der Waals surface area contributed by atoms with Crippen LogP contribution in [-0.4, -0.2) is 25.2 Å². The van der Waals surface area contributed by atoms with Gasteiger partial charge in [-0.2, -0.15) is 0 Å². The number of ether oxygens (including phenoxy) is 1. The van der Waals surface area contributed by atoms with Gasteiger partial charge in [0.15, 0.2) is 0 Å². The molecule has 4 nitrogen and oxygen atoms in total. The van der Waals surface area contributed by atoms with Gasteiger partial charge in [0.2, 0.25) is 0 Å². The largest absolute Gasteiger partial charge is 0.466 e. The average molecular weight is 317 g/mol. The van der Waals surface area contributed by atoms with Gasteiger partial charge in [-0.25, -0.2) is 0 Å². The fraction of sp³-hybridized carbons (Fsp3) is 0.632. The van der Waals surface area contributed by atoms with E-state index in [1.165, 1.54) is 25.7 Å². The smallest absolute Gasteiger partial charge is 0.310 e. The van der Waals surface area contributed by atoms with Crippen molar-refractivity contribution in [3.8, 4) is 0 Å². The van der Waals surface area contributed by atoms with Gasteiger partial charge in [0.25, 0.3) is 0 Å². The molecule has 0 unspecified atom stereocenters. The molecule has 1 aromatic rings. The number of anilines is 1. The molecule has 0 aromatic heterocycles. The summed E-state index contributed by atoms with van der Waals surface area (Å²) in [5.74, 6) is -0.291. The topological polar surface area (TPSA) is 50.4 Å². The number of hydrogen-bond donors (Lipinski definition) is 2. The number of esters is 1. The van der Waals surface area contributed by atoms with Gasteiger partial charge in [-0.15, -0.1) is 0 Å². The Morgan fingerprint density at radius 1 is 1.30 bits per heavy atom. The lowest BCUT2D eigenvalue weighted by Gasteiger charge is -2.31. The summed E-state index contributed by atoms with van der Waals surface area (Å²) in [6.07, 6.45) is 6.75. The van der Waals surface area contributed by atoms with Gasteiger partial charge < -0.3 is 15.4 Å². The first kappa shape index (κ1) is 15.0. The zero-order valence-corrected chi connectivity index (χ0v) is 13.9. The number of nitrogens with one attached hydrogen (secondary N) is 2. The van der Waals surface area contributed by atoms with Crippen molar-refractivity contribution in [2.75, 3.05) is 18.5 Å². The van der Waals surface area contributed by atoms with Crippen LogP contribution in [0, 0.1) is 5.92 Å². The molecule has 2 N–H and O–H groups in total. The summed E-state index contributed by atoms with van der Waals surface area (Å²) in [7, 11) is 0. The minimum atomic E-state index is -0.160. The molecule has 1 heterocycles. The van der Waals surface area contributed by atoms with Gasteiger partial charge in [0, 0.05) is 17.8 Å². The Labute approximate surface area is 140 Å². The Kier molecular flexibility index (Phi) is 5.10. The van der Waals surface area contributed by atoms with Crippen LogP contribution in [-0.2, 0) is 9.53 Å². The molecule has 126 valence electrons. The van der Waals surface area contributed by atoms with Crippen LogP contribution in [0.15, 0.2) is 24.2 Å². The van der Waals surface area contributed by atoms with Crippen molar-refractivity contribution in [3.63, 3.8) is 0 Å². The molecular formula is C19H28N2O2. The van der Waals surface area contributed by atoms with Gasteiger partial charge >= 0.3 is 5.97 Å².